The van der Waals surface area contributed by atoms with Gasteiger partial charge in [0, 0.05) is 0 Å². The molecule has 0 atom stereocenters. The van der Waals surface area contributed by atoms with Gasteiger partial charge < -0.3 is 24.6 Å². The molecule has 3 N–H and O–H groups in total. The summed E-state index contributed by atoms with van der Waals surface area (Å²) in [7, 11) is 0.0408. The van der Waals surface area contributed by atoms with E-state index in [1.54, 1.807) is 37.4 Å². The number of benzene rings is 2. The molecular weight excluding hydrogens is 271 g/mol. The van der Waals surface area contributed by atoms with Crippen molar-refractivity contribution in [2.75, 3.05) is 7.11 Å². The van der Waals surface area contributed by atoms with Crippen molar-refractivity contribution in [2.24, 2.45) is 0 Å². The fraction of sp³-hybridized carbons (Fsp3) is 0.200. The molecule has 0 heterocycles. The Kier molecular flexibility index (Phi) is 5.22. The number of hydrogen-bond donors (Lipinski definition) is 3. The second kappa shape index (κ2) is 7.13. The van der Waals surface area contributed by atoms with Crippen molar-refractivity contribution in [2.45, 2.75) is 13.2 Å². The quantitative estimate of drug-likeness (QED) is 0.672. The lowest BCUT2D eigenvalue weighted by atomic mass is 9.80. The van der Waals surface area contributed by atoms with E-state index >= 15 is 0 Å². The zero-order valence-corrected chi connectivity index (χ0v) is 11.7. The normalized spacial score (nSPS) is 10.3. The average molecular weight is 288 g/mol. The molecule has 2 aromatic rings. The lowest BCUT2D eigenvalue weighted by Crippen LogP contribution is -2.29. The summed E-state index contributed by atoms with van der Waals surface area (Å²) in [4.78, 5) is 0. The molecule has 2 rings (SSSR count). The number of hydrogen-bond acceptors (Lipinski definition) is 5. The zero-order chi connectivity index (χ0) is 15.2. The maximum atomic E-state index is 9.21. The minimum atomic E-state index is -1.52. The topological polar surface area (TPSA) is 79.2 Å². The molecule has 0 saturated carbocycles. The van der Waals surface area contributed by atoms with Crippen LogP contribution in [0.4, 0.5) is 0 Å². The van der Waals surface area contributed by atoms with Crippen LogP contribution in [-0.4, -0.2) is 29.4 Å². The molecule has 0 spiro atoms. The molecule has 0 amide bonds. The Bertz CT molecular complexity index is 578. The minimum absolute atomic E-state index is 0.0730. The van der Waals surface area contributed by atoms with Crippen LogP contribution in [0.2, 0.25) is 0 Å². The predicted octanol–water partition coefficient (Wildman–Crippen LogP) is 0.446. The van der Waals surface area contributed by atoms with Gasteiger partial charge in [0.1, 0.15) is 18.1 Å². The van der Waals surface area contributed by atoms with Crippen LogP contribution in [0.15, 0.2) is 42.5 Å². The van der Waals surface area contributed by atoms with Crippen LogP contribution < -0.4 is 14.9 Å². The van der Waals surface area contributed by atoms with Crippen LogP contribution in [0.25, 0.3) is 0 Å². The summed E-state index contributed by atoms with van der Waals surface area (Å²) in [6.45, 7) is 0.214. The summed E-state index contributed by atoms with van der Waals surface area (Å²) in [6, 6.07) is 12.0. The molecule has 2 aromatic carbocycles. The Morgan fingerprint density at radius 2 is 1.76 bits per heavy atom. The molecule has 110 valence electrons. The van der Waals surface area contributed by atoms with Gasteiger partial charge in [0.25, 0.3) is 0 Å². The average Bonchev–Trinajstić information content (AvgIpc) is 2.52. The Balaban J connectivity index is 2.10. The van der Waals surface area contributed by atoms with Crippen LogP contribution in [0.5, 0.6) is 11.5 Å². The van der Waals surface area contributed by atoms with Crippen molar-refractivity contribution in [3.8, 4) is 11.5 Å². The van der Waals surface area contributed by atoms with E-state index in [4.69, 9.17) is 19.5 Å². The third-order valence-electron chi connectivity index (χ3n) is 3.01. The molecule has 6 heteroatoms. The van der Waals surface area contributed by atoms with Crippen molar-refractivity contribution in [1.82, 2.24) is 0 Å². The van der Waals surface area contributed by atoms with Crippen molar-refractivity contribution in [1.29, 1.82) is 0 Å². The summed E-state index contributed by atoms with van der Waals surface area (Å²) < 4.78 is 10.8. The highest BCUT2D eigenvalue weighted by molar-refractivity contribution is 6.58. The van der Waals surface area contributed by atoms with Gasteiger partial charge in [0.2, 0.25) is 0 Å². The summed E-state index contributed by atoms with van der Waals surface area (Å²) in [5.41, 5.74) is 1.97. The number of ether oxygens (including phenoxy) is 2. The van der Waals surface area contributed by atoms with Crippen molar-refractivity contribution < 1.29 is 24.6 Å². The van der Waals surface area contributed by atoms with E-state index in [1.807, 2.05) is 12.1 Å². The fourth-order valence-corrected chi connectivity index (χ4v) is 1.95. The molecule has 0 aromatic heterocycles. The first-order valence-corrected chi connectivity index (χ1v) is 6.49. The first-order valence-electron chi connectivity index (χ1n) is 6.49. The lowest BCUT2D eigenvalue weighted by molar-refractivity contribution is 0.279. The van der Waals surface area contributed by atoms with Crippen molar-refractivity contribution >= 4 is 12.6 Å². The maximum Gasteiger partial charge on any atom is 0.488 e. The Morgan fingerprint density at radius 1 is 1.00 bits per heavy atom. The van der Waals surface area contributed by atoms with Gasteiger partial charge in [-0.1, -0.05) is 12.1 Å². The Hall–Kier alpha value is -2.02. The van der Waals surface area contributed by atoms with Crippen molar-refractivity contribution in [3.05, 3.63) is 53.6 Å². The van der Waals surface area contributed by atoms with Gasteiger partial charge in [0.05, 0.1) is 13.7 Å². The van der Waals surface area contributed by atoms with E-state index in [2.05, 4.69) is 0 Å². The van der Waals surface area contributed by atoms with Crippen LogP contribution in [0.1, 0.15) is 11.1 Å². The van der Waals surface area contributed by atoms with E-state index in [0.29, 0.717) is 17.0 Å². The first kappa shape index (κ1) is 15.4. The molecule has 0 aliphatic rings. The molecule has 0 unspecified atom stereocenters. The summed E-state index contributed by atoms with van der Waals surface area (Å²) in [5.74, 6) is 1.19. The van der Waals surface area contributed by atoms with Gasteiger partial charge in [-0.05, 0) is 46.9 Å². The lowest BCUT2D eigenvalue weighted by Gasteiger charge is -2.10. The van der Waals surface area contributed by atoms with Crippen LogP contribution in [0.3, 0.4) is 0 Å². The largest absolute Gasteiger partial charge is 0.497 e. The second-order valence-corrected chi connectivity index (χ2v) is 4.58. The summed E-state index contributed by atoms with van der Waals surface area (Å²) in [5, 5.41) is 27.5. The maximum absolute atomic E-state index is 9.21. The van der Waals surface area contributed by atoms with Crippen molar-refractivity contribution in [3.63, 3.8) is 0 Å². The van der Waals surface area contributed by atoms with Crippen LogP contribution in [-0.2, 0) is 13.2 Å². The summed E-state index contributed by atoms with van der Waals surface area (Å²) in [6.07, 6.45) is 0. The molecule has 0 aliphatic carbocycles. The highest BCUT2D eigenvalue weighted by atomic mass is 16.5. The number of methoxy groups -OCH3 is 1. The molecule has 0 radical (unpaired) electrons. The summed E-state index contributed by atoms with van der Waals surface area (Å²) >= 11 is 0. The molecule has 0 aliphatic heterocycles. The van der Waals surface area contributed by atoms with Crippen LogP contribution >= 0.6 is 0 Å². The zero-order valence-electron chi connectivity index (χ0n) is 11.7. The van der Waals surface area contributed by atoms with Crippen LogP contribution in [0, 0.1) is 0 Å². The molecular formula is C15H17BO5. The van der Waals surface area contributed by atoms with Gasteiger partial charge in [0.15, 0.2) is 0 Å². The van der Waals surface area contributed by atoms with E-state index in [-0.39, 0.29) is 13.2 Å². The second-order valence-electron chi connectivity index (χ2n) is 4.58. The van der Waals surface area contributed by atoms with Gasteiger partial charge in [-0.3, -0.25) is 0 Å². The molecule has 21 heavy (non-hydrogen) atoms. The van der Waals surface area contributed by atoms with Gasteiger partial charge >= 0.3 is 7.12 Å². The Labute approximate surface area is 123 Å². The van der Waals surface area contributed by atoms with Gasteiger partial charge in [-0.25, -0.2) is 0 Å². The molecule has 0 saturated heterocycles. The van der Waals surface area contributed by atoms with E-state index < -0.39 is 7.12 Å². The Morgan fingerprint density at radius 3 is 2.43 bits per heavy atom. The molecule has 0 bridgehead atoms. The number of aliphatic hydroxyl groups is 1. The van der Waals surface area contributed by atoms with E-state index in [9.17, 15) is 5.11 Å². The predicted molar refractivity (Wildman–Crippen MR) is 79.5 cm³/mol. The highest BCUT2D eigenvalue weighted by Gasteiger charge is 2.11. The number of aliphatic hydroxyl groups excluding tert-OH is 1. The third kappa shape index (κ3) is 4.22. The van der Waals surface area contributed by atoms with Gasteiger partial charge in [-0.15, -0.1) is 0 Å². The number of rotatable bonds is 6. The minimum Gasteiger partial charge on any atom is -0.497 e. The molecule has 0 fully saturated rings. The highest BCUT2D eigenvalue weighted by Crippen LogP contribution is 2.19. The smallest absolute Gasteiger partial charge is 0.488 e. The standard InChI is InChI=1S/C15H17BO5/c1-20-15-6-11(9-17)5-12(7-15)10-21-14-4-2-3-13(8-14)16(18)19/h2-8,17-19H,9-10H2,1H3. The molecule has 5 nitrogen and oxygen atoms in total. The van der Waals surface area contributed by atoms with Gasteiger partial charge in [-0.2, -0.15) is 0 Å². The van der Waals surface area contributed by atoms with E-state index in [1.165, 1.54) is 0 Å². The SMILES string of the molecule is COc1cc(CO)cc(COc2cccc(B(O)O)c2)c1. The first-order chi connectivity index (χ1) is 10.1. The van der Waals surface area contributed by atoms with E-state index in [0.717, 1.165) is 11.1 Å². The fourth-order valence-electron chi connectivity index (χ4n) is 1.95. The third-order valence-corrected chi connectivity index (χ3v) is 3.01. The monoisotopic (exact) mass is 288 g/mol.